The second-order valence-electron chi connectivity index (χ2n) is 5.37. The quantitative estimate of drug-likeness (QED) is 0.265. The third-order valence-electron chi connectivity index (χ3n) is 3.17. The molecule has 150 valence electrons. The predicted octanol–water partition coefficient (Wildman–Crippen LogP) is 2.14. The maximum Gasteiger partial charge on any atom is 0.466 e. The van der Waals surface area contributed by atoms with Crippen molar-refractivity contribution in [2.75, 3.05) is 0 Å². The number of carboxylic acid groups (broad SMARTS) is 1. The van der Waals surface area contributed by atoms with E-state index in [4.69, 9.17) is 28.8 Å². The Balaban J connectivity index is 0.000000225. The molecule has 1 aliphatic heterocycles. The SMILES string of the molecule is O=C(O)c1ccc2nc3ccc(=O)cc-3oc2c1.O=P(O)(O)O.c1ccncc1. The molecule has 0 spiro atoms. The van der Waals surface area contributed by atoms with Gasteiger partial charge in [-0.3, -0.25) is 9.78 Å². The number of carbonyl (C=O) groups is 1. The van der Waals surface area contributed by atoms with E-state index in [-0.39, 0.29) is 11.0 Å². The number of pyridine rings is 1. The van der Waals surface area contributed by atoms with Crippen LogP contribution in [0, 0.1) is 0 Å². The van der Waals surface area contributed by atoms with E-state index in [1.807, 2.05) is 18.2 Å². The Bertz CT molecular complexity index is 1140. The summed E-state index contributed by atoms with van der Waals surface area (Å²) in [5.74, 6) is -0.692. The number of phosphoric acid groups is 1. The van der Waals surface area contributed by atoms with Gasteiger partial charge < -0.3 is 24.2 Å². The zero-order valence-electron chi connectivity index (χ0n) is 14.6. The zero-order valence-corrected chi connectivity index (χ0v) is 15.5. The molecule has 0 saturated heterocycles. The lowest BCUT2D eigenvalue weighted by Gasteiger charge is -2.05. The monoisotopic (exact) mass is 418 g/mol. The summed E-state index contributed by atoms with van der Waals surface area (Å²) in [6.07, 6.45) is 3.50. The molecular weight excluding hydrogens is 403 g/mol. The van der Waals surface area contributed by atoms with E-state index in [0.717, 1.165) is 0 Å². The van der Waals surface area contributed by atoms with E-state index < -0.39 is 13.8 Å². The van der Waals surface area contributed by atoms with Crippen molar-refractivity contribution >= 4 is 24.9 Å². The molecule has 0 unspecified atom stereocenters. The minimum atomic E-state index is -4.64. The highest BCUT2D eigenvalue weighted by molar-refractivity contribution is 7.45. The van der Waals surface area contributed by atoms with Crippen LogP contribution in [0.4, 0.5) is 0 Å². The number of rotatable bonds is 1. The number of aromatic nitrogens is 2. The van der Waals surface area contributed by atoms with Crippen molar-refractivity contribution < 1.29 is 33.6 Å². The molecule has 0 atom stereocenters. The van der Waals surface area contributed by atoms with Gasteiger partial charge in [0.05, 0.1) is 5.56 Å². The fourth-order valence-electron chi connectivity index (χ4n) is 2.05. The van der Waals surface area contributed by atoms with Crippen LogP contribution in [0.25, 0.3) is 22.6 Å². The highest BCUT2D eigenvalue weighted by atomic mass is 31.2. The number of aromatic carboxylic acids is 1. The van der Waals surface area contributed by atoms with Crippen LogP contribution in [0.3, 0.4) is 0 Å². The summed E-state index contributed by atoms with van der Waals surface area (Å²) < 4.78 is 14.4. The number of benzene rings is 2. The average molecular weight is 418 g/mol. The minimum absolute atomic E-state index is 0.116. The Morgan fingerprint density at radius 3 is 2.14 bits per heavy atom. The van der Waals surface area contributed by atoms with Gasteiger partial charge in [0.25, 0.3) is 0 Å². The van der Waals surface area contributed by atoms with Crippen molar-refractivity contribution in [2.24, 2.45) is 0 Å². The number of fused-ring (bicyclic) bond motifs is 2. The summed E-state index contributed by atoms with van der Waals surface area (Å²) in [5.41, 5.74) is 1.39. The Morgan fingerprint density at radius 2 is 1.62 bits per heavy atom. The summed E-state index contributed by atoms with van der Waals surface area (Å²) in [6.45, 7) is 0. The van der Waals surface area contributed by atoms with E-state index >= 15 is 0 Å². The molecule has 4 rings (SSSR count). The molecule has 2 aliphatic rings. The van der Waals surface area contributed by atoms with Crippen LogP contribution in [0.2, 0.25) is 0 Å². The number of hydrogen-bond donors (Lipinski definition) is 4. The van der Waals surface area contributed by atoms with E-state index in [1.54, 1.807) is 24.5 Å². The maximum atomic E-state index is 11.2. The maximum absolute atomic E-state index is 11.2. The standard InChI is InChI=1S/C13H7NO4.C5H5N.H3O4P/c15-8-2-4-10-12(6-8)18-11-5-7(13(16)17)1-3-9(11)14-10;1-2-4-6-5-3-1;1-5(2,3)4/h1-6H,(H,16,17);1-5H;(H3,1,2,3,4). The van der Waals surface area contributed by atoms with Crippen molar-refractivity contribution in [3.8, 4) is 11.5 Å². The Labute approximate surface area is 163 Å². The van der Waals surface area contributed by atoms with Crippen LogP contribution in [0.15, 0.2) is 76.2 Å². The van der Waals surface area contributed by atoms with Gasteiger partial charge in [0.15, 0.2) is 16.8 Å². The van der Waals surface area contributed by atoms with Gasteiger partial charge >= 0.3 is 13.8 Å². The molecular formula is C18H15N2O8P. The molecule has 1 aliphatic carbocycles. The minimum Gasteiger partial charge on any atom is -0.478 e. The van der Waals surface area contributed by atoms with Crippen LogP contribution in [0.5, 0.6) is 0 Å². The number of carboxylic acids is 1. The summed E-state index contributed by atoms with van der Waals surface area (Å²) in [7, 11) is -4.64. The van der Waals surface area contributed by atoms with Crippen molar-refractivity contribution in [1.82, 2.24) is 9.97 Å². The van der Waals surface area contributed by atoms with E-state index in [0.29, 0.717) is 22.6 Å². The molecule has 1 aromatic carbocycles. The molecule has 2 aromatic rings. The molecule has 4 N–H and O–H groups in total. The van der Waals surface area contributed by atoms with E-state index in [1.165, 1.54) is 24.3 Å². The van der Waals surface area contributed by atoms with Crippen LogP contribution >= 0.6 is 7.82 Å². The molecule has 0 fully saturated rings. The van der Waals surface area contributed by atoms with Gasteiger partial charge in [-0.25, -0.2) is 14.3 Å². The summed E-state index contributed by atoms with van der Waals surface area (Å²) >= 11 is 0. The van der Waals surface area contributed by atoms with Gasteiger partial charge in [0, 0.05) is 18.5 Å². The number of hydrogen-bond acceptors (Lipinski definition) is 6. The van der Waals surface area contributed by atoms with Gasteiger partial charge in [-0.2, -0.15) is 0 Å². The highest BCUT2D eigenvalue weighted by Crippen LogP contribution is 2.26. The molecule has 0 bridgehead atoms. The van der Waals surface area contributed by atoms with Crippen molar-refractivity contribution in [3.05, 3.63) is 82.8 Å². The van der Waals surface area contributed by atoms with Crippen LogP contribution in [-0.2, 0) is 4.57 Å². The van der Waals surface area contributed by atoms with Crippen LogP contribution < -0.4 is 5.43 Å². The lowest BCUT2D eigenvalue weighted by atomic mass is 10.2. The predicted molar refractivity (Wildman–Crippen MR) is 102 cm³/mol. The fraction of sp³-hybridized carbons (Fsp3) is 0. The van der Waals surface area contributed by atoms with Crippen molar-refractivity contribution in [1.29, 1.82) is 0 Å². The Kier molecular flexibility index (Phi) is 7.29. The van der Waals surface area contributed by atoms with Gasteiger partial charge in [-0.15, -0.1) is 0 Å². The summed E-state index contributed by atoms with van der Waals surface area (Å²) in [5, 5.41) is 8.89. The molecule has 29 heavy (non-hydrogen) atoms. The Morgan fingerprint density at radius 1 is 0.966 bits per heavy atom. The van der Waals surface area contributed by atoms with E-state index in [9.17, 15) is 9.59 Å². The largest absolute Gasteiger partial charge is 0.478 e. The van der Waals surface area contributed by atoms with Crippen LogP contribution in [0.1, 0.15) is 10.4 Å². The fourth-order valence-corrected chi connectivity index (χ4v) is 2.05. The van der Waals surface area contributed by atoms with Crippen LogP contribution in [-0.4, -0.2) is 35.7 Å². The first-order chi connectivity index (χ1) is 13.6. The normalized spacial score (nSPS) is 10.4. The van der Waals surface area contributed by atoms with Gasteiger partial charge in [0.2, 0.25) is 0 Å². The number of nitrogens with zero attached hydrogens (tertiary/aromatic N) is 2. The van der Waals surface area contributed by atoms with Gasteiger partial charge in [-0.05, 0) is 42.5 Å². The second-order valence-corrected chi connectivity index (χ2v) is 6.40. The molecule has 0 saturated carbocycles. The second kappa shape index (κ2) is 9.67. The summed E-state index contributed by atoms with van der Waals surface area (Å²) in [6, 6.07) is 14.5. The highest BCUT2D eigenvalue weighted by Gasteiger charge is 2.11. The first-order valence-corrected chi connectivity index (χ1v) is 9.41. The third-order valence-corrected chi connectivity index (χ3v) is 3.17. The van der Waals surface area contributed by atoms with Crippen molar-refractivity contribution in [3.63, 3.8) is 0 Å². The van der Waals surface area contributed by atoms with E-state index in [2.05, 4.69) is 9.97 Å². The average Bonchev–Trinajstić information content (AvgIpc) is 2.66. The first-order valence-electron chi connectivity index (χ1n) is 7.85. The molecule has 0 amide bonds. The lowest BCUT2D eigenvalue weighted by molar-refractivity contribution is 0.0696. The van der Waals surface area contributed by atoms with Gasteiger partial charge in [-0.1, -0.05) is 6.07 Å². The van der Waals surface area contributed by atoms with Gasteiger partial charge in [0.1, 0.15) is 11.2 Å². The molecule has 1 aromatic heterocycles. The molecule has 11 heteroatoms. The zero-order chi connectivity index (χ0) is 21.4. The molecule has 10 nitrogen and oxygen atoms in total. The smallest absolute Gasteiger partial charge is 0.466 e. The summed E-state index contributed by atoms with van der Waals surface area (Å²) in [4.78, 5) is 51.7. The Hall–Kier alpha value is -3.43. The molecule has 2 heterocycles. The topological polar surface area (TPSA) is 171 Å². The third kappa shape index (κ3) is 7.60. The first kappa shape index (κ1) is 21.9. The van der Waals surface area contributed by atoms with Crippen molar-refractivity contribution in [2.45, 2.75) is 0 Å². The lowest BCUT2D eigenvalue weighted by Crippen LogP contribution is -2.00. The molecule has 0 radical (unpaired) electrons.